The molecule has 0 bridgehead atoms. The molecule has 0 aromatic heterocycles. The molecule has 0 saturated heterocycles. The highest BCUT2D eigenvalue weighted by Gasteiger charge is 1.99. The minimum absolute atomic E-state index is 0.341. The molecule has 0 heterocycles. The predicted molar refractivity (Wildman–Crippen MR) is 74.1 cm³/mol. The summed E-state index contributed by atoms with van der Waals surface area (Å²) in [6, 6.07) is 0. The van der Waals surface area contributed by atoms with Gasteiger partial charge in [0.15, 0.2) is 0 Å². The summed E-state index contributed by atoms with van der Waals surface area (Å²) in [5.41, 5.74) is 0. The maximum atomic E-state index is 8.88. The second-order valence-corrected chi connectivity index (χ2v) is 5.34. The van der Waals surface area contributed by atoms with Gasteiger partial charge < -0.3 is 10.2 Å². The summed E-state index contributed by atoms with van der Waals surface area (Å²) in [7, 11) is 0. The molecule has 0 radical (unpaired) electrons. The first-order valence-corrected chi connectivity index (χ1v) is 7.53. The molecule has 0 aliphatic heterocycles. The van der Waals surface area contributed by atoms with E-state index in [0.29, 0.717) is 19.1 Å². The third-order valence-corrected chi connectivity index (χ3v) is 3.42. The molecule has 0 aromatic rings. The molecular weight excluding hydrogens is 212 g/mol. The van der Waals surface area contributed by atoms with Gasteiger partial charge in [-0.15, -0.1) is 0 Å². The van der Waals surface area contributed by atoms with Crippen LogP contribution in [0.4, 0.5) is 0 Å². The fourth-order valence-electron chi connectivity index (χ4n) is 2.11. The van der Waals surface area contributed by atoms with Crippen LogP contribution in [0.15, 0.2) is 0 Å². The topological polar surface area (TPSA) is 40.5 Å². The molecule has 17 heavy (non-hydrogen) atoms. The van der Waals surface area contributed by atoms with Crippen LogP contribution in [0.1, 0.15) is 77.6 Å². The van der Waals surface area contributed by atoms with Crippen molar-refractivity contribution in [3.8, 4) is 0 Å². The molecule has 0 aromatic carbocycles. The van der Waals surface area contributed by atoms with Crippen molar-refractivity contribution in [3.05, 3.63) is 0 Å². The van der Waals surface area contributed by atoms with E-state index in [9.17, 15) is 0 Å². The van der Waals surface area contributed by atoms with Gasteiger partial charge in [0, 0.05) is 13.2 Å². The average Bonchev–Trinajstić information content (AvgIpc) is 2.35. The van der Waals surface area contributed by atoms with Gasteiger partial charge in [-0.25, -0.2) is 0 Å². The lowest BCUT2D eigenvalue weighted by molar-refractivity contribution is 0.227. The first-order chi connectivity index (χ1) is 8.31. The molecule has 1 unspecified atom stereocenters. The standard InChI is InChI=1S/C15H32O2/c1-15(14-17)12-10-8-6-4-2-3-5-7-9-11-13-16/h15-17H,2-14H2,1H3. The molecule has 0 saturated carbocycles. The molecule has 2 N–H and O–H groups in total. The van der Waals surface area contributed by atoms with Gasteiger partial charge in [-0.05, 0) is 18.8 Å². The van der Waals surface area contributed by atoms with Crippen LogP contribution in [0.5, 0.6) is 0 Å². The number of aliphatic hydroxyl groups excluding tert-OH is 2. The summed E-state index contributed by atoms with van der Waals surface area (Å²) in [4.78, 5) is 0. The second kappa shape index (κ2) is 14.0. The van der Waals surface area contributed by atoms with E-state index in [1.54, 1.807) is 0 Å². The van der Waals surface area contributed by atoms with Crippen LogP contribution in [0, 0.1) is 5.92 Å². The highest BCUT2D eigenvalue weighted by Crippen LogP contribution is 2.13. The fourth-order valence-corrected chi connectivity index (χ4v) is 2.11. The van der Waals surface area contributed by atoms with E-state index in [1.807, 2.05) is 0 Å². The molecule has 0 fully saturated rings. The van der Waals surface area contributed by atoms with E-state index in [2.05, 4.69) is 6.92 Å². The predicted octanol–water partition coefficient (Wildman–Crippen LogP) is 3.90. The summed E-state index contributed by atoms with van der Waals surface area (Å²) in [6.45, 7) is 2.81. The lowest BCUT2D eigenvalue weighted by atomic mass is 10.0. The number of aliphatic hydroxyl groups is 2. The molecule has 1 atom stereocenters. The van der Waals surface area contributed by atoms with E-state index in [0.717, 1.165) is 6.42 Å². The van der Waals surface area contributed by atoms with Crippen LogP contribution < -0.4 is 0 Å². The second-order valence-electron chi connectivity index (χ2n) is 5.34. The van der Waals surface area contributed by atoms with Gasteiger partial charge in [0.05, 0.1) is 0 Å². The van der Waals surface area contributed by atoms with E-state index in [4.69, 9.17) is 10.2 Å². The third kappa shape index (κ3) is 13.9. The minimum Gasteiger partial charge on any atom is -0.396 e. The van der Waals surface area contributed by atoms with Gasteiger partial charge >= 0.3 is 0 Å². The van der Waals surface area contributed by atoms with E-state index in [1.165, 1.54) is 64.2 Å². The quantitative estimate of drug-likeness (QED) is 0.482. The molecule has 2 heteroatoms. The van der Waals surface area contributed by atoms with E-state index in [-0.39, 0.29) is 0 Å². The molecule has 0 rings (SSSR count). The SMILES string of the molecule is CC(CO)CCCCCCCCCCCCO. The van der Waals surface area contributed by atoms with Crippen molar-refractivity contribution in [2.75, 3.05) is 13.2 Å². The molecule has 0 amide bonds. The van der Waals surface area contributed by atoms with Gasteiger partial charge in [0.2, 0.25) is 0 Å². The monoisotopic (exact) mass is 244 g/mol. The number of hydrogen-bond acceptors (Lipinski definition) is 2. The van der Waals surface area contributed by atoms with E-state index < -0.39 is 0 Å². The molecule has 104 valence electrons. The zero-order chi connectivity index (χ0) is 12.8. The number of rotatable bonds is 13. The first-order valence-electron chi connectivity index (χ1n) is 7.53. The van der Waals surface area contributed by atoms with E-state index >= 15 is 0 Å². The lowest BCUT2D eigenvalue weighted by Crippen LogP contribution is -1.99. The van der Waals surface area contributed by atoms with Crippen LogP contribution in [0.3, 0.4) is 0 Å². The largest absolute Gasteiger partial charge is 0.396 e. The van der Waals surface area contributed by atoms with Gasteiger partial charge in [0.25, 0.3) is 0 Å². The zero-order valence-electron chi connectivity index (χ0n) is 11.7. The normalized spacial score (nSPS) is 12.9. The number of unbranched alkanes of at least 4 members (excludes halogenated alkanes) is 9. The van der Waals surface area contributed by atoms with Crippen molar-refractivity contribution >= 4 is 0 Å². The maximum absolute atomic E-state index is 8.88. The Kier molecular flexibility index (Phi) is 13.9. The molecule has 0 aliphatic carbocycles. The zero-order valence-corrected chi connectivity index (χ0v) is 11.7. The van der Waals surface area contributed by atoms with Crippen LogP contribution in [0.25, 0.3) is 0 Å². The summed E-state index contributed by atoms with van der Waals surface area (Å²) in [6.07, 6.45) is 14.0. The minimum atomic E-state index is 0.341. The lowest BCUT2D eigenvalue weighted by Gasteiger charge is -2.06. The highest BCUT2D eigenvalue weighted by atomic mass is 16.3. The van der Waals surface area contributed by atoms with Gasteiger partial charge in [-0.3, -0.25) is 0 Å². The first kappa shape index (κ1) is 16.9. The summed E-state index contributed by atoms with van der Waals surface area (Å²) < 4.78 is 0. The Labute approximate surface area is 107 Å². The van der Waals surface area contributed by atoms with Crippen molar-refractivity contribution < 1.29 is 10.2 Å². The Hall–Kier alpha value is -0.0800. The summed E-state index contributed by atoms with van der Waals surface area (Å²) in [5.74, 6) is 0.488. The number of hydrogen-bond donors (Lipinski definition) is 2. The molecule has 2 nitrogen and oxygen atoms in total. The Balaban J connectivity index is 2.94. The van der Waals surface area contributed by atoms with Crippen molar-refractivity contribution in [2.24, 2.45) is 5.92 Å². The van der Waals surface area contributed by atoms with Gasteiger partial charge in [-0.1, -0.05) is 64.7 Å². The van der Waals surface area contributed by atoms with Gasteiger partial charge in [-0.2, -0.15) is 0 Å². The summed E-state index contributed by atoms with van der Waals surface area (Å²) in [5, 5.41) is 17.5. The highest BCUT2D eigenvalue weighted by molar-refractivity contribution is 4.52. The molecular formula is C15H32O2. The van der Waals surface area contributed by atoms with Crippen LogP contribution in [0.2, 0.25) is 0 Å². The maximum Gasteiger partial charge on any atom is 0.0456 e. The van der Waals surface area contributed by atoms with Crippen molar-refractivity contribution in [3.63, 3.8) is 0 Å². The van der Waals surface area contributed by atoms with Crippen LogP contribution in [-0.4, -0.2) is 23.4 Å². The Morgan fingerprint density at radius 1 is 0.647 bits per heavy atom. The Morgan fingerprint density at radius 2 is 1.06 bits per heavy atom. The van der Waals surface area contributed by atoms with Crippen molar-refractivity contribution in [1.29, 1.82) is 0 Å². The van der Waals surface area contributed by atoms with Crippen molar-refractivity contribution in [1.82, 2.24) is 0 Å². The van der Waals surface area contributed by atoms with Crippen LogP contribution >= 0.6 is 0 Å². The Bertz CT molecular complexity index is 137. The summed E-state index contributed by atoms with van der Waals surface area (Å²) >= 11 is 0. The fraction of sp³-hybridized carbons (Fsp3) is 1.00. The molecule has 0 spiro atoms. The molecule has 0 aliphatic rings. The Morgan fingerprint density at radius 3 is 1.47 bits per heavy atom. The van der Waals surface area contributed by atoms with Gasteiger partial charge in [0.1, 0.15) is 0 Å². The van der Waals surface area contributed by atoms with Crippen molar-refractivity contribution in [2.45, 2.75) is 77.6 Å². The average molecular weight is 244 g/mol. The third-order valence-electron chi connectivity index (χ3n) is 3.42. The van der Waals surface area contributed by atoms with Crippen LogP contribution in [-0.2, 0) is 0 Å². The smallest absolute Gasteiger partial charge is 0.0456 e.